The number of benzene rings is 8. The standard InChI is InChI=1S/C42H26O/c1-2-12-29(13-3-1)39-33-15-6-8-17-35(33)40(36-18-9-7-16-34(36)39)30-23-21-28(22-24-30)31-19-10-20-38-41(31)37-26-25-27-11-4-5-14-32(27)42(37)43-38/h1-26H. The Morgan fingerprint density at radius 1 is 0.326 bits per heavy atom. The van der Waals surface area contributed by atoms with Gasteiger partial charge in [0.25, 0.3) is 0 Å². The minimum Gasteiger partial charge on any atom is -0.455 e. The molecule has 1 aromatic heterocycles. The van der Waals surface area contributed by atoms with Gasteiger partial charge in [0.05, 0.1) is 0 Å². The van der Waals surface area contributed by atoms with E-state index in [1.807, 2.05) is 0 Å². The van der Waals surface area contributed by atoms with E-state index in [4.69, 9.17) is 4.42 Å². The zero-order chi connectivity index (χ0) is 28.3. The molecule has 0 N–H and O–H groups in total. The predicted octanol–water partition coefficient (Wildman–Crippen LogP) is 12.0. The average Bonchev–Trinajstić information content (AvgIpc) is 3.47. The van der Waals surface area contributed by atoms with Gasteiger partial charge in [0, 0.05) is 16.2 Å². The molecule has 0 fully saturated rings. The van der Waals surface area contributed by atoms with Crippen LogP contribution >= 0.6 is 0 Å². The van der Waals surface area contributed by atoms with E-state index < -0.39 is 0 Å². The van der Waals surface area contributed by atoms with Gasteiger partial charge in [-0.25, -0.2) is 0 Å². The third-order valence-corrected chi connectivity index (χ3v) is 8.87. The molecule has 9 aromatic rings. The van der Waals surface area contributed by atoms with Gasteiger partial charge in [0.2, 0.25) is 0 Å². The van der Waals surface area contributed by atoms with Crippen LogP contribution in [0.15, 0.2) is 162 Å². The fourth-order valence-electron chi connectivity index (χ4n) is 6.97. The Morgan fingerprint density at radius 2 is 0.860 bits per heavy atom. The molecule has 1 heteroatoms. The topological polar surface area (TPSA) is 13.1 Å². The number of furan rings is 1. The van der Waals surface area contributed by atoms with Crippen molar-refractivity contribution in [1.82, 2.24) is 0 Å². The summed E-state index contributed by atoms with van der Waals surface area (Å²) in [4.78, 5) is 0. The Morgan fingerprint density at radius 3 is 1.51 bits per heavy atom. The van der Waals surface area contributed by atoms with Crippen LogP contribution < -0.4 is 0 Å². The molecule has 0 radical (unpaired) electrons. The Hall–Kier alpha value is -5.66. The largest absolute Gasteiger partial charge is 0.455 e. The summed E-state index contributed by atoms with van der Waals surface area (Å²) in [5.41, 5.74) is 9.26. The maximum atomic E-state index is 6.46. The van der Waals surface area contributed by atoms with Crippen molar-refractivity contribution in [3.05, 3.63) is 158 Å². The van der Waals surface area contributed by atoms with Gasteiger partial charge in [-0.05, 0) is 72.4 Å². The highest BCUT2D eigenvalue weighted by Crippen LogP contribution is 2.44. The Labute approximate surface area is 249 Å². The minimum atomic E-state index is 0.918. The lowest BCUT2D eigenvalue weighted by Gasteiger charge is -2.18. The highest BCUT2D eigenvalue weighted by Gasteiger charge is 2.18. The Balaban J connectivity index is 1.25. The average molecular weight is 547 g/mol. The van der Waals surface area contributed by atoms with Gasteiger partial charge in [0.1, 0.15) is 11.2 Å². The fraction of sp³-hybridized carbons (Fsp3) is 0. The smallest absolute Gasteiger partial charge is 0.143 e. The minimum absolute atomic E-state index is 0.918. The van der Waals surface area contributed by atoms with Crippen molar-refractivity contribution in [2.45, 2.75) is 0 Å². The summed E-state index contributed by atoms with van der Waals surface area (Å²) in [6.45, 7) is 0. The maximum absolute atomic E-state index is 6.46. The molecule has 200 valence electrons. The summed E-state index contributed by atoms with van der Waals surface area (Å²) < 4.78 is 6.46. The first kappa shape index (κ1) is 24.0. The summed E-state index contributed by atoms with van der Waals surface area (Å²) in [6.07, 6.45) is 0. The molecule has 1 heterocycles. The van der Waals surface area contributed by atoms with Crippen LogP contribution in [0.5, 0.6) is 0 Å². The third kappa shape index (κ3) is 3.65. The third-order valence-electron chi connectivity index (χ3n) is 8.87. The molecule has 43 heavy (non-hydrogen) atoms. The molecule has 1 nitrogen and oxygen atoms in total. The fourth-order valence-corrected chi connectivity index (χ4v) is 6.97. The highest BCUT2D eigenvalue weighted by molar-refractivity contribution is 6.22. The molecule has 0 atom stereocenters. The summed E-state index contributed by atoms with van der Waals surface area (Å²) in [6, 6.07) is 56.7. The van der Waals surface area contributed by atoms with Gasteiger partial charge < -0.3 is 4.42 Å². The summed E-state index contributed by atoms with van der Waals surface area (Å²) in [7, 11) is 0. The van der Waals surface area contributed by atoms with Crippen molar-refractivity contribution in [2.24, 2.45) is 0 Å². The maximum Gasteiger partial charge on any atom is 0.143 e. The molecule has 0 aliphatic carbocycles. The number of fused-ring (bicyclic) bond motifs is 7. The lowest BCUT2D eigenvalue weighted by Crippen LogP contribution is -1.90. The molecule has 0 bridgehead atoms. The van der Waals surface area contributed by atoms with E-state index in [2.05, 4.69) is 158 Å². The van der Waals surface area contributed by atoms with Crippen LogP contribution in [0.2, 0.25) is 0 Å². The Kier molecular flexibility index (Phi) is 5.27. The van der Waals surface area contributed by atoms with Crippen molar-refractivity contribution in [3.63, 3.8) is 0 Å². The first-order valence-corrected chi connectivity index (χ1v) is 14.8. The zero-order valence-electron chi connectivity index (χ0n) is 23.4. The van der Waals surface area contributed by atoms with Crippen LogP contribution in [0.3, 0.4) is 0 Å². The van der Waals surface area contributed by atoms with Crippen molar-refractivity contribution in [3.8, 4) is 33.4 Å². The van der Waals surface area contributed by atoms with Gasteiger partial charge in [-0.1, -0.05) is 146 Å². The summed E-state index contributed by atoms with van der Waals surface area (Å²) >= 11 is 0. The molecule has 0 saturated heterocycles. The molecule has 0 spiro atoms. The van der Waals surface area contributed by atoms with E-state index in [1.165, 1.54) is 65.7 Å². The molecule has 0 aliphatic heterocycles. The van der Waals surface area contributed by atoms with E-state index in [1.54, 1.807) is 0 Å². The molecule has 0 saturated carbocycles. The van der Waals surface area contributed by atoms with E-state index >= 15 is 0 Å². The van der Waals surface area contributed by atoms with Crippen molar-refractivity contribution in [2.75, 3.05) is 0 Å². The molecule has 0 aliphatic rings. The molecule has 8 aromatic carbocycles. The lowest BCUT2D eigenvalue weighted by atomic mass is 9.85. The van der Waals surface area contributed by atoms with E-state index in [-0.39, 0.29) is 0 Å². The predicted molar refractivity (Wildman–Crippen MR) is 183 cm³/mol. The highest BCUT2D eigenvalue weighted by atomic mass is 16.3. The van der Waals surface area contributed by atoms with Crippen LogP contribution in [0.1, 0.15) is 0 Å². The first-order valence-electron chi connectivity index (χ1n) is 14.8. The number of hydrogen-bond donors (Lipinski definition) is 0. The normalized spacial score (nSPS) is 11.7. The second-order valence-corrected chi connectivity index (χ2v) is 11.2. The quantitative estimate of drug-likeness (QED) is 0.201. The van der Waals surface area contributed by atoms with Crippen LogP contribution in [-0.4, -0.2) is 0 Å². The van der Waals surface area contributed by atoms with Gasteiger partial charge >= 0.3 is 0 Å². The van der Waals surface area contributed by atoms with Crippen molar-refractivity contribution < 1.29 is 4.42 Å². The van der Waals surface area contributed by atoms with E-state index in [9.17, 15) is 0 Å². The number of hydrogen-bond acceptors (Lipinski definition) is 1. The zero-order valence-corrected chi connectivity index (χ0v) is 23.4. The van der Waals surface area contributed by atoms with Crippen LogP contribution in [0.25, 0.3) is 87.6 Å². The molecular weight excluding hydrogens is 520 g/mol. The van der Waals surface area contributed by atoms with Crippen molar-refractivity contribution in [1.29, 1.82) is 0 Å². The monoisotopic (exact) mass is 546 g/mol. The van der Waals surface area contributed by atoms with E-state index in [0.29, 0.717) is 0 Å². The van der Waals surface area contributed by atoms with Gasteiger partial charge in [-0.3, -0.25) is 0 Å². The molecule has 0 unspecified atom stereocenters. The van der Waals surface area contributed by atoms with E-state index in [0.717, 1.165) is 21.9 Å². The summed E-state index contributed by atoms with van der Waals surface area (Å²) in [5, 5.41) is 9.74. The van der Waals surface area contributed by atoms with Crippen molar-refractivity contribution >= 4 is 54.3 Å². The lowest BCUT2D eigenvalue weighted by molar-refractivity contribution is 0.673. The number of rotatable bonds is 3. The molecule has 0 amide bonds. The van der Waals surface area contributed by atoms with Crippen LogP contribution in [0, 0.1) is 0 Å². The molecule has 9 rings (SSSR count). The van der Waals surface area contributed by atoms with Crippen LogP contribution in [0.4, 0.5) is 0 Å². The van der Waals surface area contributed by atoms with Gasteiger partial charge in [0.15, 0.2) is 0 Å². The Bertz CT molecular complexity index is 2420. The van der Waals surface area contributed by atoms with Gasteiger partial charge in [-0.2, -0.15) is 0 Å². The second-order valence-electron chi connectivity index (χ2n) is 11.2. The first-order chi connectivity index (χ1) is 21.3. The second kappa shape index (κ2) is 9.44. The van der Waals surface area contributed by atoms with Crippen LogP contribution in [-0.2, 0) is 0 Å². The SMILES string of the molecule is c1ccc(-c2c3ccccc3c(-c3ccc(-c4cccc5oc6c7ccccc7ccc6c45)cc3)c3ccccc23)cc1. The summed E-state index contributed by atoms with van der Waals surface area (Å²) in [5.74, 6) is 0. The molecular formula is C42H26O. The van der Waals surface area contributed by atoms with Gasteiger partial charge in [-0.15, -0.1) is 0 Å².